The SMILES string of the molecule is COC(=O)[C@H]1[C@H](C)O[C@@]2(O)[C@H](C)CC[C@@]3(C)OC(=O)C=C(C(C)C)[C@@H]3C[C@H](O)/C(C)=C/[C@H]12. The average Bonchev–Trinajstić information content (AvgIpc) is 2.96. The van der Waals surface area contributed by atoms with Crippen molar-refractivity contribution in [3.05, 3.63) is 23.3 Å². The van der Waals surface area contributed by atoms with E-state index in [-0.39, 0.29) is 23.7 Å². The van der Waals surface area contributed by atoms with Crippen molar-refractivity contribution in [1.82, 2.24) is 0 Å². The van der Waals surface area contributed by atoms with Gasteiger partial charge in [0.1, 0.15) is 5.60 Å². The van der Waals surface area contributed by atoms with Crippen molar-refractivity contribution in [1.29, 1.82) is 0 Å². The molecule has 0 bridgehead atoms. The van der Waals surface area contributed by atoms with Crippen molar-refractivity contribution in [3.8, 4) is 0 Å². The summed E-state index contributed by atoms with van der Waals surface area (Å²) >= 11 is 0. The van der Waals surface area contributed by atoms with Crippen LogP contribution in [-0.2, 0) is 23.8 Å². The van der Waals surface area contributed by atoms with E-state index in [0.717, 1.165) is 5.57 Å². The predicted octanol–water partition coefficient (Wildman–Crippen LogP) is 3.14. The normalized spacial score (nSPS) is 44.4. The van der Waals surface area contributed by atoms with Crippen LogP contribution in [0.2, 0.25) is 0 Å². The molecule has 0 aromatic heterocycles. The first-order valence-corrected chi connectivity index (χ1v) is 11.6. The molecule has 2 aliphatic heterocycles. The van der Waals surface area contributed by atoms with E-state index in [4.69, 9.17) is 14.2 Å². The third kappa shape index (κ3) is 4.27. The van der Waals surface area contributed by atoms with Gasteiger partial charge in [-0.2, -0.15) is 0 Å². The fourth-order valence-electron chi connectivity index (χ4n) is 5.75. The lowest BCUT2D eigenvalue weighted by atomic mass is 9.71. The molecule has 3 aliphatic rings. The number of esters is 2. The second kappa shape index (κ2) is 8.92. The Hall–Kier alpha value is -1.70. The number of ether oxygens (including phenoxy) is 3. The molecule has 2 N–H and O–H groups in total. The van der Waals surface area contributed by atoms with Crippen molar-refractivity contribution in [2.45, 2.75) is 84.4 Å². The maximum Gasteiger partial charge on any atom is 0.331 e. The molecule has 0 aromatic carbocycles. The number of aliphatic hydroxyl groups is 2. The van der Waals surface area contributed by atoms with Crippen LogP contribution in [0.3, 0.4) is 0 Å². The lowest BCUT2D eigenvalue weighted by Crippen LogP contribution is -2.47. The Bertz CT molecular complexity index is 815. The van der Waals surface area contributed by atoms with Crippen molar-refractivity contribution < 1.29 is 34.0 Å². The maximum atomic E-state index is 12.6. The van der Waals surface area contributed by atoms with Crippen molar-refractivity contribution in [2.75, 3.05) is 7.11 Å². The summed E-state index contributed by atoms with van der Waals surface area (Å²) in [4.78, 5) is 25.0. The van der Waals surface area contributed by atoms with Crippen LogP contribution in [0.5, 0.6) is 0 Å². The molecule has 0 spiro atoms. The zero-order chi connectivity index (χ0) is 24.0. The van der Waals surface area contributed by atoms with Gasteiger partial charge in [-0.3, -0.25) is 4.79 Å². The van der Waals surface area contributed by atoms with Crippen LogP contribution in [0.4, 0.5) is 0 Å². The lowest BCUT2D eigenvalue weighted by Gasteiger charge is -2.44. The molecule has 1 aliphatic carbocycles. The predicted molar refractivity (Wildman–Crippen MR) is 118 cm³/mol. The van der Waals surface area contributed by atoms with Crippen molar-refractivity contribution in [2.24, 2.45) is 29.6 Å². The van der Waals surface area contributed by atoms with E-state index in [1.165, 1.54) is 7.11 Å². The summed E-state index contributed by atoms with van der Waals surface area (Å²) in [5, 5.41) is 22.8. The van der Waals surface area contributed by atoms with E-state index < -0.39 is 41.4 Å². The number of methoxy groups -OCH3 is 1. The first-order valence-electron chi connectivity index (χ1n) is 11.6. The summed E-state index contributed by atoms with van der Waals surface area (Å²) in [6, 6.07) is 0. The van der Waals surface area contributed by atoms with Gasteiger partial charge >= 0.3 is 11.9 Å². The minimum absolute atomic E-state index is 0.127. The molecule has 1 fully saturated rings. The summed E-state index contributed by atoms with van der Waals surface area (Å²) < 4.78 is 16.9. The number of rotatable bonds is 2. The molecular weight excluding hydrogens is 412 g/mol. The van der Waals surface area contributed by atoms with Gasteiger partial charge in [-0.1, -0.05) is 32.4 Å². The number of fused-ring (bicyclic) bond motifs is 2. The summed E-state index contributed by atoms with van der Waals surface area (Å²) in [6.07, 6.45) is 3.36. The molecule has 7 heteroatoms. The van der Waals surface area contributed by atoms with Crippen LogP contribution < -0.4 is 0 Å². The van der Waals surface area contributed by atoms with E-state index in [1.807, 2.05) is 27.7 Å². The molecule has 2 heterocycles. The van der Waals surface area contributed by atoms with Crippen LogP contribution in [0.1, 0.15) is 60.8 Å². The van der Waals surface area contributed by atoms with Crippen LogP contribution in [-0.4, -0.2) is 52.9 Å². The average molecular weight is 451 g/mol. The third-order valence-corrected chi connectivity index (χ3v) is 7.85. The van der Waals surface area contributed by atoms with Gasteiger partial charge in [0.25, 0.3) is 0 Å². The Morgan fingerprint density at radius 2 is 1.97 bits per heavy atom. The van der Waals surface area contributed by atoms with Gasteiger partial charge in [-0.15, -0.1) is 0 Å². The standard InChI is InChI=1S/C25H38O7/c1-13(2)17-11-21(27)32-24(6)9-8-15(4)25(29)19(10-14(3)20(26)12-18(17)24)22(16(5)31-25)23(28)30-7/h10-11,13,15-16,18-20,22,26,29H,8-9,12H2,1-7H3/b14-10+/t15-,16+,18+,19-,20+,22+,24-,25+/m1/s1. The molecule has 180 valence electrons. The third-order valence-electron chi connectivity index (χ3n) is 7.85. The smallest absolute Gasteiger partial charge is 0.331 e. The monoisotopic (exact) mass is 450 g/mol. The highest BCUT2D eigenvalue weighted by molar-refractivity contribution is 5.84. The minimum atomic E-state index is -1.61. The first kappa shape index (κ1) is 24.9. The second-order valence-electron chi connectivity index (χ2n) is 10.3. The zero-order valence-corrected chi connectivity index (χ0v) is 20.3. The highest BCUT2D eigenvalue weighted by Gasteiger charge is 2.58. The fourth-order valence-corrected chi connectivity index (χ4v) is 5.75. The molecule has 0 aromatic rings. The van der Waals surface area contributed by atoms with E-state index >= 15 is 0 Å². The summed E-state index contributed by atoms with van der Waals surface area (Å²) in [7, 11) is 1.33. The largest absolute Gasteiger partial charge is 0.469 e. The van der Waals surface area contributed by atoms with E-state index in [0.29, 0.717) is 24.8 Å². The Labute approximate surface area is 190 Å². The molecule has 8 atom stereocenters. The van der Waals surface area contributed by atoms with Gasteiger partial charge in [-0.25, -0.2) is 4.79 Å². The molecule has 0 saturated carbocycles. The quantitative estimate of drug-likeness (QED) is 0.492. The Kier molecular flexibility index (Phi) is 6.95. The number of aliphatic hydroxyl groups excluding tert-OH is 1. The Morgan fingerprint density at radius 1 is 1.31 bits per heavy atom. The molecular formula is C25H38O7. The lowest BCUT2D eigenvalue weighted by molar-refractivity contribution is -0.236. The molecule has 0 amide bonds. The highest BCUT2D eigenvalue weighted by atomic mass is 16.6. The van der Waals surface area contributed by atoms with E-state index in [2.05, 4.69) is 0 Å². The van der Waals surface area contributed by atoms with Gasteiger partial charge in [0.15, 0.2) is 5.79 Å². The van der Waals surface area contributed by atoms with Crippen LogP contribution in [0.15, 0.2) is 23.3 Å². The zero-order valence-electron chi connectivity index (χ0n) is 20.3. The van der Waals surface area contributed by atoms with Gasteiger partial charge in [0.2, 0.25) is 0 Å². The minimum Gasteiger partial charge on any atom is -0.469 e. The van der Waals surface area contributed by atoms with Gasteiger partial charge in [-0.05, 0) is 51.5 Å². The molecule has 7 nitrogen and oxygen atoms in total. The van der Waals surface area contributed by atoms with E-state index in [1.54, 1.807) is 26.0 Å². The van der Waals surface area contributed by atoms with Crippen LogP contribution in [0, 0.1) is 29.6 Å². The molecule has 0 radical (unpaired) electrons. The van der Waals surface area contributed by atoms with Gasteiger partial charge < -0.3 is 24.4 Å². The first-order chi connectivity index (χ1) is 14.8. The van der Waals surface area contributed by atoms with E-state index in [9.17, 15) is 19.8 Å². The Balaban J connectivity index is 2.08. The van der Waals surface area contributed by atoms with Crippen LogP contribution in [0.25, 0.3) is 0 Å². The second-order valence-corrected chi connectivity index (χ2v) is 10.3. The Morgan fingerprint density at radius 3 is 2.56 bits per heavy atom. The summed E-state index contributed by atoms with van der Waals surface area (Å²) in [5.74, 6) is -4.15. The molecule has 1 saturated heterocycles. The fraction of sp³-hybridized carbons (Fsp3) is 0.760. The topological polar surface area (TPSA) is 102 Å². The van der Waals surface area contributed by atoms with Crippen molar-refractivity contribution in [3.63, 3.8) is 0 Å². The molecule has 3 rings (SSSR count). The number of hydrogen-bond acceptors (Lipinski definition) is 7. The van der Waals surface area contributed by atoms with Gasteiger partial charge in [0.05, 0.1) is 25.2 Å². The molecule has 32 heavy (non-hydrogen) atoms. The van der Waals surface area contributed by atoms with Gasteiger partial charge in [0, 0.05) is 23.8 Å². The number of hydrogen-bond donors (Lipinski definition) is 2. The molecule has 0 unspecified atom stereocenters. The summed E-state index contributed by atoms with van der Waals surface area (Å²) in [6.45, 7) is 11.4. The van der Waals surface area contributed by atoms with Crippen molar-refractivity contribution >= 4 is 11.9 Å². The summed E-state index contributed by atoms with van der Waals surface area (Å²) in [5.41, 5.74) is 0.804. The number of carbonyl (C=O) groups excluding carboxylic acids is 2. The number of carbonyl (C=O) groups is 2. The van der Waals surface area contributed by atoms with Crippen LogP contribution >= 0.6 is 0 Å². The maximum absolute atomic E-state index is 12.6. The highest BCUT2D eigenvalue weighted by Crippen LogP contribution is 2.50.